The molecule has 1 radical (unpaired) electrons. The van der Waals surface area contributed by atoms with Gasteiger partial charge in [0.1, 0.15) is 5.78 Å². The molecule has 0 atom stereocenters. The number of ketones is 1. The van der Waals surface area contributed by atoms with E-state index < -0.39 is 5.97 Å². The van der Waals surface area contributed by atoms with Crippen molar-refractivity contribution in [3.8, 4) is 0 Å². The summed E-state index contributed by atoms with van der Waals surface area (Å²) in [6, 6.07) is 0. The summed E-state index contributed by atoms with van der Waals surface area (Å²) in [5.41, 5.74) is 0. The Bertz CT molecular complexity index is 120. The van der Waals surface area contributed by atoms with Gasteiger partial charge in [-0.2, -0.15) is 9.78 Å². The van der Waals surface area contributed by atoms with Gasteiger partial charge in [0.15, 0.2) is 0 Å². The van der Waals surface area contributed by atoms with Gasteiger partial charge in [-0.25, -0.2) is 0 Å². The van der Waals surface area contributed by atoms with E-state index in [1.54, 1.807) is 0 Å². The molecule has 1 saturated heterocycles. The predicted octanol–water partition coefficient (Wildman–Crippen LogP) is -0.429. The van der Waals surface area contributed by atoms with Gasteiger partial charge >= 0.3 is 5.97 Å². The second-order valence-corrected chi connectivity index (χ2v) is 1.76. The van der Waals surface area contributed by atoms with Crippen LogP contribution in [0.15, 0.2) is 0 Å². The Morgan fingerprint density at radius 2 is 2.11 bits per heavy atom. The van der Waals surface area contributed by atoms with Crippen LogP contribution in [0.4, 0.5) is 0 Å². The van der Waals surface area contributed by atoms with Crippen molar-refractivity contribution >= 4 is 5.78 Å². The zero-order valence-corrected chi connectivity index (χ0v) is 6.22. The molecule has 1 aliphatic heterocycles. The Morgan fingerprint density at radius 1 is 1.67 bits per heavy atom. The molecule has 0 saturated carbocycles. The minimum Gasteiger partial charge on any atom is -0.339 e. The van der Waals surface area contributed by atoms with Crippen LogP contribution >= 0.6 is 0 Å². The Hall–Kier alpha value is 0.134. The molecular formula is C4H6O4V. The van der Waals surface area contributed by atoms with Crippen LogP contribution < -0.4 is 0 Å². The maximum Gasteiger partial charge on any atom is 0.344 e. The standard InChI is InChI=1S/C4H6O4.V/c1-3(5)2-4(6)7-8-4;/h6H,2H2,1H3;. The summed E-state index contributed by atoms with van der Waals surface area (Å²) in [4.78, 5) is 18.3. The minimum atomic E-state index is -1.58. The molecule has 1 heterocycles. The normalized spacial score (nSPS) is 20.2. The van der Waals surface area contributed by atoms with Crippen LogP contribution in [0.1, 0.15) is 13.3 Å². The molecular weight excluding hydrogens is 163 g/mol. The first kappa shape index (κ1) is 9.13. The third kappa shape index (κ3) is 2.98. The molecule has 0 aromatic carbocycles. The summed E-state index contributed by atoms with van der Waals surface area (Å²) >= 11 is 0. The average Bonchev–Trinajstić information content (AvgIpc) is 2.17. The van der Waals surface area contributed by atoms with E-state index in [0.29, 0.717) is 0 Å². The van der Waals surface area contributed by atoms with Crippen molar-refractivity contribution in [2.24, 2.45) is 0 Å². The van der Waals surface area contributed by atoms with E-state index in [9.17, 15) is 4.79 Å². The monoisotopic (exact) mass is 169 g/mol. The first-order valence-electron chi connectivity index (χ1n) is 2.21. The number of carbonyl (C=O) groups excluding carboxylic acids is 1. The van der Waals surface area contributed by atoms with Crippen LogP contribution in [0, 0.1) is 0 Å². The number of rotatable bonds is 2. The molecule has 5 heteroatoms. The van der Waals surface area contributed by atoms with E-state index >= 15 is 0 Å². The molecule has 0 aromatic rings. The van der Waals surface area contributed by atoms with E-state index in [2.05, 4.69) is 9.78 Å². The fourth-order valence-corrected chi connectivity index (χ4v) is 0.422. The van der Waals surface area contributed by atoms with Crippen LogP contribution in [-0.2, 0) is 33.1 Å². The van der Waals surface area contributed by atoms with Crippen LogP contribution in [0.3, 0.4) is 0 Å². The first-order valence-corrected chi connectivity index (χ1v) is 2.21. The molecule has 51 valence electrons. The van der Waals surface area contributed by atoms with Gasteiger partial charge < -0.3 is 5.11 Å². The summed E-state index contributed by atoms with van der Waals surface area (Å²) in [6.07, 6.45) is -0.0903. The van der Waals surface area contributed by atoms with Gasteiger partial charge in [0.05, 0.1) is 6.42 Å². The number of carbonyl (C=O) groups is 1. The first-order chi connectivity index (χ1) is 3.62. The largest absolute Gasteiger partial charge is 0.344 e. The van der Waals surface area contributed by atoms with Gasteiger partial charge in [0.2, 0.25) is 0 Å². The second kappa shape index (κ2) is 2.81. The molecule has 1 fully saturated rings. The number of hydrogen-bond acceptors (Lipinski definition) is 4. The van der Waals surface area contributed by atoms with Gasteiger partial charge in [0.25, 0.3) is 0 Å². The fraction of sp³-hybridized carbons (Fsp3) is 0.750. The van der Waals surface area contributed by atoms with Crippen molar-refractivity contribution in [3.63, 3.8) is 0 Å². The molecule has 1 rings (SSSR count). The van der Waals surface area contributed by atoms with Gasteiger partial charge in [-0.3, -0.25) is 4.79 Å². The maximum atomic E-state index is 10.2. The molecule has 9 heavy (non-hydrogen) atoms. The predicted molar refractivity (Wildman–Crippen MR) is 22.4 cm³/mol. The third-order valence-electron chi connectivity index (χ3n) is 0.748. The van der Waals surface area contributed by atoms with Crippen molar-refractivity contribution in [2.45, 2.75) is 19.3 Å². The second-order valence-electron chi connectivity index (χ2n) is 1.76. The Kier molecular flexibility index (Phi) is 2.85. The smallest absolute Gasteiger partial charge is 0.339 e. The van der Waals surface area contributed by atoms with Crippen molar-refractivity contribution in [3.05, 3.63) is 0 Å². The molecule has 0 aliphatic carbocycles. The fourth-order valence-electron chi connectivity index (χ4n) is 0.422. The summed E-state index contributed by atoms with van der Waals surface area (Å²) < 4.78 is 0. The van der Waals surface area contributed by atoms with E-state index in [4.69, 9.17) is 5.11 Å². The molecule has 0 bridgehead atoms. The quantitative estimate of drug-likeness (QED) is 0.450. The van der Waals surface area contributed by atoms with Crippen molar-refractivity contribution in [1.82, 2.24) is 0 Å². The molecule has 0 unspecified atom stereocenters. The van der Waals surface area contributed by atoms with Crippen molar-refractivity contribution in [2.75, 3.05) is 0 Å². The summed E-state index contributed by atoms with van der Waals surface area (Å²) in [5.74, 6) is -1.74. The van der Waals surface area contributed by atoms with Crippen molar-refractivity contribution in [1.29, 1.82) is 0 Å². The van der Waals surface area contributed by atoms with Gasteiger partial charge in [-0.05, 0) is 6.92 Å². The molecule has 1 N–H and O–H groups in total. The van der Waals surface area contributed by atoms with Crippen LogP contribution in [0.25, 0.3) is 0 Å². The van der Waals surface area contributed by atoms with Gasteiger partial charge in [-0.1, -0.05) is 0 Å². The average molecular weight is 169 g/mol. The summed E-state index contributed by atoms with van der Waals surface area (Å²) in [6.45, 7) is 1.35. The van der Waals surface area contributed by atoms with Gasteiger partial charge in [0, 0.05) is 18.6 Å². The minimum absolute atomic E-state index is 0. The zero-order valence-electron chi connectivity index (χ0n) is 4.83. The zero-order chi connectivity index (χ0) is 6.20. The maximum absolute atomic E-state index is 10.2. The molecule has 1 aliphatic rings. The van der Waals surface area contributed by atoms with Crippen LogP contribution in [0.5, 0.6) is 0 Å². The molecule has 0 aromatic heterocycles. The summed E-state index contributed by atoms with van der Waals surface area (Å²) in [5, 5.41) is 8.63. The van der Waals surface area contributed by atoms with E-state index in [-0.39, 0.29) is 30.8 Å². The van der Waals surface area contributed by atoms with E-state index in [1.807, 2.05) is 0 Å². The molecule has 0 spiro atoms. The SMILES string of the molecule is CC(=O)CC1(O)OO1.[V]. The molecule has 0 amide bonds. The summed E-state index contributed by atoms with van der Waals surface area (Å²) in [7, 11) is 0. The number of aliphatic hydroxyl groups is 1. The van der Waals surface area contributed by atoms with E-state index in [0.717, 1.165) is 0 Å². The Balaban J connectivity index is 0.000000640. The Labute approximate surface area is 63.9 Å². The van der Waals surface area contributed by atoms with Crippen molar-refractivity contribution < 1.29 is 38.2 Å². The molecule has 4 nitrogen and oxygen atoms in total. The van der Waals surface area contributed by atoms with Crippen LogP contribution in [-0.4, -0.2) is 16.9 Å². The third-order valence-corrected chi connectivity index (χ3v) is 0.748. The number of Topliss-reactive ketones (excluding diaryl/α,β-unsaturated/α-hetero) is 1. The Morgan fingerprint density at radius 3 is 2.22 bits per heavy atom. The van der Waals surface area contributed by atoms with E-state index in [1.165, 1.54) is 6.92 Å². The topological polar surface area (TPSA) is 62.4 Å². The van der Waals surface area contributed by atoms with Crippen LogP contribution in [0.2, 0.25) is 0 Å². The number of hydrogen-bond donors (Lipinski definition) is 1. The van der Waals surface area contributed by atoms with Gasteiger partial charge in [-0.15, -0.1) is 0 Å².